The molecule has 3 nitrogen and oxygen atoms in total. The first-order valence-electron chi connectivity index (χ1n) is 16.5. The van der Waals surface area contributed by atoms with Gasteiger partial charge in [-0.1, -0.05) is 89.0 Å². The molecule has 45 heavy (non-hydrogen) atoms. The van der Waals surface area contributed by atoms with Crippen LogP contribution in [-0.4, -0.2) is 4.57 Å². The van der Waals surface area contributed by atoms with Crippen molar-refractivity contribution in [2.75, 3.05) is 0 Å². The third kappa shape index (κ3) is 10.2. The van der Waals surface area contributed by atoms with Gasteiger partial charge < -0.3 is 52.5 Å². The van der Waals surface area contributed by atoms with Gasteiger partial charge in [-0.2, -0.15) is 0 Å². The molecule has 0 aliphatic heterocycles. The minimum atomic E-state index is 0. The Morgan fingerprint density at radius 1 is 0.533 bits per heavy atom. The van der Waals surface area contributed by atoms with Gasteiger partial charge in [-0.25, -0.2) is 9.13 Å². The molecule has 5 aromatic rings. The van der Waals surface area contributed by atoms with Crippen LogP contribution in [0, 0.1) is 0 Å². The number of aryl methyl sites for hydroxylation is 3. The van der Waals surface area contributed by atoms with E-state index in [4.69, 9.17) is 0 Å². The lowest BCUT2D eigenvalue weighted by molar-refractivity contribution is -0.673. The van der Waals surface area contributed by atoms with Crippen molar-refractivity contribution in [3.8, 4) is 0 Å². The molecule has 0 bridgehead atoms. The van der Waals surface area contributed by atoms with E-state index in [9.17, 15) is 0 Å². The number of rotatable bonds is 15. The molecule has 238 valence electrons. The molecule has 0 atom stereocenters. The van der Waals surface area contributed by atoms with Crippen LogP contribution in [-0.2, 0) is 20.6 Å². The van der Waals surface area contributed by atoms with Gasteiger partial charge in [0, 0.05) is 64.8 Å². The fraction of sp³-hybridized carbons (Fsp3) is 0.350. The molecular weight excluding hydrogens is 776 g/mol. The summed E-state index contributed by atoms with van der Waals surface area (Å²) in [5.74, 6) is 0. The van der Waals surface area contributed by atoms with Crippen LogP contribution >= 0.6 is 0 Å². The maximum atomic E-state index is 2.58. The lowest BCUT2D eigenvalue weighted by Crippen LogP contribution is -3.00. The Balaban J connectivity index is 0.00000276. The molecule has 3 aromatic heterocycles. The Hall–Kier alpha value is -2.52. The first kappa shape index (κ1) is 36.9. The summed E-state index contributed by atoms with van der Waals surface area (Å²) in [5, 5.41) is 2.68. The number of hydrogen-bond donors (Lipinski definition) is 0. The highest BCUT2D eigenvalue weighted by Gasteiger charge is 2.12. The van der Waals surface area contributed by atoms with Gasteiger partial charge >= 0.3 is 0 Å². The second-order valence-electron chi connectivity index (χ2n) is 12.0. The Labute approximate surface area is 305 Å². The van der Waals surface area contributed by atoms with E-state index in [1.54, 1.807) is 0 Å². The lowest BCUT2D eigenvalue weighted by atomic mass is 10.1. The highest BCUT2D eigenvalue weighted by Crippen LogP contribution is 2.32. The van der Waals surface area contributed by atoms with Gasteiger partial charge in [-0.15, -0.1) is 0 Å². The summed E-state index contributed by atoms with van der Waals surface area (Å²) in [7, 11) is 4.19. The van der Waals surface area contributed by atoms with E-state index < -0.39 is 0 Å². The Morgan fingerprint density at radius 2 is 0.978 bits per heavy atom. The maximum absolute atomic E-state index is 2.58. The quantitative estimate of drug-likeness (QED) is 0.0869. The van der Waals surface area contributed by atoms with Crippen LogP contribution in [0.2, 0.25) is 0 Å². The van der Waals surface area contributed by atoms with Crippen molar-refractivity contribution in [3.63, 3.8) is 0 Å². The van der Waals surface area contributed by atoms with Gasteiger partial charge in [0.05, 0.1) is 0 Å². The molecule has 5 heteroatoms. The first-order chi connectivity index (χ1) is 21.1. The Kier molecular flexibility index (Phi) is 15.8. The molecular formula is C40H49I2N3. The monoisotopic (exact) mass is 825 g/mol. The predicted molar refractivity (Wildman–Crippen MR) is 184 cm³/mol. The lowest BCUT2D eigenvalue weighted by Gasteiger charge is -2.09. The van der Waals surface area contributed by atoms with Crippen LogP contribution in [0.15, 0.2) is 85.2 Å². The van der Waals surface area contributed by atoms with Crippen LogP contribution < -0.4 is 57.1 Å². The molecule has 0 N–H and O–H groups in total. The summed E-state index contributed by atoms with van der Waals surface area (Å²) in [4.78, 5) is 0. The van der Waals surface area contributed by atoms with Crippen LogP contribution in [0.3, 0.4) is 0 Å². The SMILES string of the molecule is CCCCCCCCCCCCn1c2cc(/C=C/c3cccc[n+]3C)ccc2c2ccc(/C=C/c3cccc[n+]3C)cc21.[I-].[I-]. The molecule has 0 aliphatic rings. The maximum Gasteiger partial charge on any atom is 0.204 e. The summed E-state index contributed by atoms with van der Waals surface area (Å²) < 4.78 is 6.89. The normalized spacial score (nSPS) is 11.4. The molecule has 0 unspecified atom stereocenters. The van der Waals surface area contributed by atoms with Crippen molar-refractivity contribution in [2.45, 2.75) is 77.7 Å². The zero-order chi connectivity index (χ0) is 29.9. The van der Waals surface area contributed by atoms with E-state index in [0.29, 0.717) is 0 Å². The zero-order valence-electron chi connectivity index (χ0n) is 27.3. The smallest absolute Gasteiger partial charge is 0.204 e. The molecule has 5 rings (SSSR count). The Morgan fingerprint density at radius 3 is 1.42 bits per heavy atom. The molecule has 0 saturated heterocycles. The van der Waals surface area contributed by atoms with E-state index in [-0.39, 0.29) is 48.0 Å². The van der Waals surface area contributed by atoms with E-state index >= 15 is 0 Å². The standard InChI is InChI=1S/C40H49N3.2HI/c1-4-5-6-7-8-9-10-11-12-15-30-43-39-31-33(20-24-35-18-13-16-28-41(35)2)22-26-37(39)38-27-23-34(32-40(38)43)21-25-36-19-14-17-29-42(36)3;;/h13-14,16-29,31-32H,4-12,15,30H2,1-3H3;2*1H/q+2;;/p-2. The minimum absolute atomic E-state index is 0. The number of halogens is 2. The fourth-order valence-corrected chi connectivity index (χ4v) is 6.12. The first-order valence-corrected chi connectivity index (χ1v) is 16.5. The van der Waals surface area contributed by atoms with Crippen molar-refractivity contribution < 1.29 is 57.1 Å². The average molecular weight is 826 g/mol. The van der Waals surface area contributed by atoms with Crippen molar-refractivity contribution in [1.29, 1.82) is 0 Å². The van der Waals surface area contributed by atoms with E-state index in [1.165, 1.54) is 109 Å². The number of pyridine rings is 2. The molecule has 0 fully saturated rings. The van der Waals surface area contributed by atoms with Gasteiger partial charge in [0.1, 0.15) is 14.1 Å². The summed E-state index contributed by atoms with van der Waals surface area (Å²) in [6.07, 6.45) is 26.7. The molecule has 0 spiro atoms. The van der Waals surface area contributed by atoms with E-state index in [2.05, 4.69) is 144 Å². The molecule has 0 radical (unpaired) electrons. The highest BCUT2D eigenvalue weighted by molar-refractivity contribution is 6.09. The number of nitrogens with zero attached hydrogens (tertiary/aromatic N) is 3. The minimum Gasteiger partial charge on any atom is -1.00 e. The van der Waals surface area contributed by atoms with Crippen LogP contribution in [0.4, 0.5) is 0 Å². The third-order valence-corrected chi connectivity index (χ3v) is 8.73. The summed E-state index contributed by atoms with van der Waals surface area (Å²) in [5.41, 5.74) is 7.52. The largest absolute Gasteiger partial charge is 1.00 e. The molecule has 0 amide bonds. The topological polar surface area (TPSA) is 12.7 Å². The molecule has 0 saturated carbocycles. The fourth-order valence-electron chi connectivity index (χ4n) is 6.12. The highest BCUT2D eigenvalue weighted by atomic mass is 127. The number of fused-ring (bicyclic) bond motifs is 3. The van der Waals surface area contributed by atoms with Crippen molar-refractivity contribution in [1.82, 2.24) is 4.57 Å². The van der Waals surface area contributed by atoms with Crippen LogP contribution in [0.5, 0.6) is 0 Å². The second kappa shape index (κ2) is 19.2. The molecule has 3 heterocycles. The van der Waals surface area contributed by atoms with Gasteiger partial charge in [-0.05, 0) is 54.0 Å². The van der Waals surface area contributed by atoms with Crippen molar-refractivity contribution in [2.24, 2.45) is 14.1 Å². The summed E-state index contributed by atoms with van der Waals surface area (Å²) >= 11 is 0. The average Bonchev–Trinajstić information content (AvgIpc) is 3.33. The van der Waals surface area contributed by atoms with Gasteiger partial charge in [0.25, 0.3) is 0 Å². The van der Waals surface area contributed by atoms with Crippen LogP contribution in [0.25, 0.3) is 46.1 Å². The van der Waals surface area contributed by atoms with Gasteiger partial charge in [0.15, 0.2) is 12.4 Å². The molecule has 2 aromatic carbocycles. The number of unbranched alkanes of at least 4 members (excludes halogenated alkanes) is 9. The van der Waals surface area contributed by atoms with Crippen LogP contribution in [0.1, 0.15) is 93.6 Å². The predicted octanol–water partition coefficient (Wildman–Crippen LogP) is 3.71. The van der Waals surface area contributed by atoms with E-state index in [0.717, 1.165) is 6.54 Å². The zero-order valence-corrected chi connectivity index (χ0v) is 31.6. The number of aromatic nitrogens is 3. The van der Waals surface area contributed by atoms with E-state index in [1.807, 2.05) is 0 Å². The second-order valence-corrected chi connectivity index (χ2v) is 12.0. The van der Waals surface area contributed by atoms with Gasteiger partial charge in [0.2, 0.25) is 11.4 Å². The van der Waals surface area contributed by atoms with Crippen molar-refractivity contribution >= 4 is 46.1 Å². The Bertz CT molecular complexity index is 1590. The van der Waals surface area contributed by atoms with Gasteiger partial charge in [-0.3, -0.25) is 0 Å². The van der Waals surface area contributed by atoms with Crippen molar-refractivity contribution in [3.05, 3.63) is 108 Å². The third-order valence-electron chi connectivity index (χ3n) is 8.73. The summed E-state index contributed by atoms with van der Waals surface area (Å²) in [6, 6.07) is 26.5. The number of benzene rings is 2. The molecule has 0 aliphatic carbocycles. The summed E-state index contributed by atoms with van der Waals surface area (Å²) in [6.45, 7) is 3.35. The number of hydrogen-bond acceptors (Lipinski definition) is 0.